The molecule has 8 heterocycles. The first kappa shape index (κ1) is 77.0. The van der Waals surface area contributed by atoms with Gasteiger partial charge >= 0.3 is 33.0 Å². The fourth-order valence-electron chi connectivity index (χ4n) is 7.76. The maximum atomic E-state index is 12.1. The number of nitrogens with zero attached hydrogens (tertiary/aromatic N) is 11. The van der Waals surface area contributed by atoms with Crippen LogP contribution in [0.15, 0.2) is 122 Å². The molecule has 5 saturated heterocycles. The summed E-state index contributed by atoms with van der Waals surface area (Å²) in [7, 11) is -8.57. The molecule has 91 heavy (non-hydrogen) atoms. The number of aryl methyl sites for hydroxylation is 1. The molecule has 5 aromatic rings. The van der Waals surface area contributed by atoms with E-state index in [1.807, 2.05) is 17.0 Å². The molecule has 27 nitrogen and oxygen atoms in total. The molecule has 2 aromatic heterocycles. The number of nitrogen functional groups attached to an aromatic ring is 1. The molecule has 0 atom stereocenters. The molecule has 0 unspecified atom stereocenters. The molecule has 0 bridgehead atoms. The average Bonchev–Trinajstić information content (AvgIpc) is 1.27. The van der Waals surface area contributed by atoms with Gasteiger partial charge in [-0.25, -0.2) is 9.37 Å². The van der Waals surface area contributed by atoms with Crippen LogP contribution in [0.1, 0.15) is 19.0 Å². The largest absolute Gasteiger partial charge is 0.399 e. The van der Waals surface area contributed by atoms with Gasteiger partial charge in [0, 0.05) is 151 Å². The maximum absolute atomic E-state index is 12.1. The molecule has 5 fully saturated rings. The van der Waals surface area contributed by atoms with Gasteiger partial charge in [0.05, 0.1) is 92.4 Å². The van der Waals surface area contributed by atoms with Crippen molar-refractivity contribution in [3.8, 4) is 0 Å². The second-order valence-electron chi connectivity index (χ2n) is 19.6. The van der Waals surface area contributed by atoms with Crippen molar-refractivity contribution in [1.29, 1.82) is 0 Å². The summed E-state index contributed by atoms with van der Waals surface area (Å²) in [6.45, 7) is 23.5. The SMILES string of the molecule is C1COCCN1.C1COCCN1.CCCN1C=CN(C)C1.Cc1ccc([N+](=O)[O-])cn1.F[P-](F)(F)(F)(F)F.Nc1ccc(N2CCOCC2)cc1.O=[N+]([O-])c1ccc(F)cc1.O=[N+]([O-])c1ccc(N2CCOCC2)cc1.O=[N+]([O-])c1ccc(N2CCOCC2)nc1. The number of nitro groups is 4. The third kappa shape index (κ3) is 37.5. The van der Waals surface area contributed by atoms with Crippen LogP contribution in [0.3, 0.4) is 0 Å². The molecule has 0 radical (unpaired) electrons. The predicted octanol–water partition coefficient (Wildman–Crippen LogP) is 10.1. The average molecular weight is 1320 g/mol. The van der Waals surface area contributed by atoms with Gasteiger partial charge in [-0.05, 0) is 74.0 Å². The number of hydrogen-bond donors (Lipinski definition) is 3. The standard InChI is InChI=1S/C10H12N2O3.C10H14N2O.C9H11N3O3.C7H14N2.C6H4FNO2.C6H6N2O2.2C4H9NO.F6P/c13-12(14)10-3-1-9(2-4-10)11-5-7-15-8-6-11;11-9-1-3-10(4-2-9)12-5-7-13-8-6-12;13-12(14)8-1-2-9(10-7-8)11-3-5-15-6-4-11;1-3-4-9-6-5-8(2)7-9;7-5-1-3-6(4-2-5)8(9)10;1-5-2-3-6(4-7-5)8(9)10;2*1-3-6-4-2-5-1;1-7(2,3,4,5)6/h1-4H,5-8H2;1-4H,5-8,11H2;1-2,7H,3-6H2;5-6H,3-4,7H2,1-2H3;1-4H;2-4H,1H3;2*5H,1-4H2;/q;;;;;;;;-1. The third-order valence-electron chi connectivity index (χ3n) is 12.3. The Kier molecular flexibility index (Phi) is 33.7. The molecule has 11 rings (SSSR count). The minimum atomic E-state index is -10.7. The predicted molar refractivity (Wildman–Crippen MR) is 332 cm³/mol. The van der Waals surface area contributed by atoms with Crippen molar-refractivity contribution < 1.29 is 72.9 Å². The number of nitro benzene ring substituents is 2. The molecular weight excluding hydrogens is 1240 g/mol. The molecule has 35 heteroatoms. The van der Waals surface area contributed by atoms with Crippen LogP contribution in [0.2, 0.25) is 0 Å². The van der Waals surface area contributed by atoms with Crippen molar-refractivity contribution in [2.45, 2.75) is 20.3 Å². The number of nitrogens with one attached hydrogen (secondary N) is 2. The number of ether oxygens (including phenoxy) is 5. The van der Waals surface area contributed by atoms with Gasteiger partial charge in [0.1, 0.15) is 24.0 Å². The zero-order chi connectivity index (χ0) is 67.1. The van der Waals surface area contributed by atoms with Gasteiger partial charge in [-0.3, -0.25) is 45.4 Å². The topological polar surface area (TPSA) is 311 Å². The molecular formula is C56H79F7N14O13P-. The molecule has 0 saturated carbocycles. The summed E-state index contributed by atoms with van der Waals surface area (Å²) < 4.78 is 97.1. The third-order valence-corrected chi connectivity index (χ3v) is 12.3. The first-order valence-electron chi connectivity index (χ1n) is 28.5. The second kappa shape index (κ2) is 39.8. The summed E-state index contributed by atoms with van der Waals surface area (Å²) in [6, 6.07) is 25.1. The zero-order valence-corrected chi connectivity index (χ0v) is 51.6. The summed E-state index contributed by atoms with van der Waals surface area (Å²) in [5.74, 6) is 0.300. The molecule has 0 spiro atoms. The Balaban J connectivity index is 0.000000272. The van der Waals surface area contributed by atoms with Gasteiger partial charge in [-0.1, -0.05) is 6.92 Å². The van der Waals surface area contributed by atoms with Crippen molar-refractivity contribution in [3.05, 3.63) is 174 Å². The van der Waals surface area contributed by atoms with Crippen LogP contribution in [0, 0.1) is 53.2 Å². The summed E-state index contributed by atoms with van der Waals surface area (Å²) in [4.78, 5) is 57.9. The Bertz CT molecular complexity index is 2730. The summed E-state index contributed by atoms with van der Waals surface area (Å²) in [5, 5.41) is 47.3. The normalized spacial score (nSPS) is 16.6. The number of non-ortho nitro benzene ring substituents is 2. The van der Waals surface area contributed by atoms with Crippen LogP contribution in [-0.2, 0) is 23.7 Å². The molecule has 4 N–H and O–H groups in total. The number of hydrogen-bond acceptors (Lipinski definition) is 23. The van der Waals surface area contributed by atoms with E-state index in [2.05, 4.69) is 78.7 Å². The first-order chi connectivity index (χ1) is 43.1. The van der Waals surface area contributed by atoms with E-state index >= 15 is 0 Å². The number of aromatic nitrogens is 2. The van der Waals surface area contributed by atoms with Crippen LogP contribution >= 0.6 is 7.81 Å². The number of rotatable bonds is 9. The van der Waals surface area contributed by atoms with Crippen LogP contribution in [0.4, 0.5) is 75.2 Å². The van der Waals surface area contributed by atoms with Gasteiger partial charge in [0.15, 0.2) is 0 Å². The minimum absolute atomic E-state index is 0.0204. The Morgan fingerprint density at radius 3 is 1.16 bits per heavy atom. The summed E-state index contributed by atoms with van der Waals surface area (Å²) in [6.07, 6.45) is 8.01. The number of benzene rings is 3. The number of halogens is 7. The molecule has 6 aliphatic rings. The van der Waals surface area contributed by atoms with Crippen molar-refractivity contribution in [2.75, 3.05) is 172 Å². The Morgan fingerprint density at radius 1 is 0.505 bits per heavy atom. The summed E-state index contributed by atoms with van der Waals surface area (Å²) in [5.41, 5.74) is 9.55. The van der Waals surface area contributed by atoms with Gasteiger partial charge in [0.25, 0.3) is 22.7 Å². The summed E-state index contributed by atoms with van der Waals surface area (Å²) >= 11 is 0. The molecule has 3 aromatic carbocycles. The van der Waals surface area contributed by atoms with Crippen molar-refractivity contribution >= 4 is 53.4 Å². The van der Waals surface area contributed by atoms with E-state index in [0.717, 1.165) is 172 Å². The van der Waals surface area contributed by atoms with Gasteiger partial charge in [0.2, 0.25) is 0 Å². The first-order valence-corrected chi connectivity index (χ1v) is 30.5. The van der Waals surface area contributed by atoms with Crippen LogP contribution < -0.4 is 31.1 Å². The van der Waals surface area contributed by atoms with Gasteiger partial charge in [-0.2, -0.15) is 0 Å². The van der Waals surface area contributed by atoms with E-state index in [0.29, 0.717) is 13.2 Å². The number of morpholine rings is 5. The van der Waals surface area contributed by atoms with E-state index in [1.54, 1.807) is 31.2 Å². The number of anilines is 4. The fourth-order valence-corrected chi connectivity index (χ4v) is 7.76. The minimum Gasteiger partial charge on any atom is -0.399 e. The Labute approximate surface area is 521 Å². The second-order valence-corrected chi connectivity index (χ2v) is 21.6. The fraction of sp³-hybridized carbons (Fsp3) is 0.464. The van der Waals surface area contributed by atoms with E-state index in [4.69, 9.17) is 29.4 Å². The maximum Gasteiger partial charge on any atom is 0.287 e. The zero-order valence-electron chi connectivity index (χ0n) is 50.7. The monoisotopic (exact) mass is 1320 g/mol. The molecule has 506 valence electrons. The van der Waals surface area contributed by atoms with Crippen molar-refractivity contribution in [3.63, 3.8) is 0 Å². The van der Waals surface area contributed by atoms with E-state index in [1.165, 1.54) is 55.3 Å². The van der Waals surface area contributed by atoms with Crippen LogP contribution in [-0.4, -0.2) is 191 Å². The van der Waals surface area contributed by atoms with Crippen molar-refractivity contribution in [2.24, 2.45) is 0 Å². The molecule has 6 aliphatic heterocycles. The van der Waals surface area contributed by atoms with Gasteiger partial charge < -0.3 is 64.6 Å². The molecule has 0 amide bonds. The van der Waals surface area contributed by atoms with Gasteiger partial charge in [-0.15, -0.1) is 0 Å². The van der Waals surface area contributed by atoms with E-state index in [-0.39, 0.29) is 27.7 Å². The Morgan fingerprint density at radius 2 is 0.857 bits per heavy atom. The van der Waals surface area contributed by atoms with E-state index in [9.17, 15) is 70.0 Å². The van der Waals surface area contributed by atoms with Crippen LogP contribution in [0.5, 0.6) is 0 Å². The number of pyridine rings is 2. The quantitative estimate of drug-likeness (QED) is 0.0406. The Hall–Kier alpha value is -8.24. The molecule has 0 aliphatic carbocycles. The van der Waals surface area contributed by atoms with Crippen LogP contribution in [0.25, 0.3) is 0 Å². The van der Waals surface area contributed by atoms with E-state index < -0.39 is 28.4 Å². The smallest absolute Gasteiger partial charge is 0.287 e. The van der Waals surface area contributed by atoms with Crippen molar-refractivity contribution in [1.82, 2.24) is 30.4 Å². The number of nitrogens with two attached hydrogens (primary N) is 1.